The van der Waals surface area contributed by atoms with Gasteiger partial charge in [-0.1, -0.05) is 6.08 Å². The van der Waals surface area contributed by atoms with Crippen LogP contribution in [-0.2, 0) is 4.79 Å². The summed E-state index contributed by atoms with van der Waals surface area (Å²) in [6, 6.07) is 2.12. The Morgan fingerprint density at radius 2 is 2.28 bits per heavy atom. The van der Waals surface area contributed by atoms with Crippen molar-refractivity contribution in [2.24, 2.45) is 0 Å². The smallest absolute Gasteiger partial charge is 0.316 e. The molecule has 1 aliphatic rings. The predicted molar refractivity (Wildman–Crippen MR) is 67.1 cm³/mol. The molecule has 0 radical (unpaired) electrons. The largest absolute Gasteiger partial charge is 0.458 e. The van der Waals surface area contributed by atoms with E-state index in [-0.39, 0.29) is 12.0 Å². The second-order valence-electron chi connectivity index (χ2n) is 4.20. The van der Waals surface area contributed by atoms with Crippen molar-refractivity contribution in [3.63, 3.8) is 0 Å². The van der Waals surface area contributed by atoms with Crippen molar-refractivity contribution in [1.82, 2.24) is 14.9 Å². The molecule has 1 unspecified atom stereocenters. The van der Waals surface area contributed by atoms with Crippen LogP contribution in [-0.4, -0.2) is 40.0 Å². The van der Waals surface area contributed by atoms with E-state index in [0.717, 1.165) is 19.4 Å². The number of nitrogens with zero attached hydrogens (tertiary/aromatic N) is 3. The molecule has 0 saturated carbocycles. The molecule has 5 nitrogen and oxygen atoms in total. The third-order valence-electron chi connectivity index (χ3n) is 2.81. The molecule has 0 spiro atoms. The maximum absolute atomic E-state index is 11.7. The molecule has 5 heteroatoms. The van der Waals surface area contributed by atoms with E-state index < -0.39 is 0 Å². The molecule has 1 fully saturated rings. The number of carbonyl (C=O) groups excluding carboxylic acids is 1. The van der Waals surface area contributed by atoms with E-state index >= 15 is 0 Å². The van der Waals surface area contributed by atoms with Crippen molar-refractivity contribution in [2.45, 2.75) is 25.9 Å². The summed E-state index contributed by atoms with van der Waals surface area (Å²) in [5, 5.41) is 0. The van der Waals surface area contributed by atoms with Gasteiger partial charge in [-0.3, -0.25) is 4.79 Å². The number of carbonyl (C=O) groups is 1. The number of ether oxygens (including phenoxy) is 1. The Morgan fingerprint density at radius 3 is 3.00 bits per heavy atom. The first-order valence-corrected chi connectivity index (χ1v) is 6.15. The topological polar surface area (TPSA) is 55.3 Å². The number of amides is 1. The van der Waals surface area contributed by atoms with Crippen molar-refractivity contribution < 1.29 is 9.53 Å². The average Bonchev–Trinajstić information content (AvgIpc) is 2.40. The van der Waals surface area contributed by atoms with Gasteiger partial charge in [0, 0.05) is 18.9 Å². The van der Waals surface area contributed by atoms with E-state index in [0.29, 0.717) is 12.6 Å². The molecule has 0 N–H and O–H groups in total. The SMILES string of the molecule is CC=CC(=O)N1CCCC(Oc2ncccn2)C1. The summed E-state index contributed by atoms with van der Waals surface area (Å²) in [6.07, 6.45) is 8.49. The lowest BCUT2D eigenvalue weighted by atomic mass is 10.1. The van der Waals surface area contributed by atoms with Gasteiger partial charge in [-0.25, -0.2) is 9.97 Å². The van der Waals surface area contributed by atoms with Gasteiger partial charge in [0.15, 0.2) is 0 Å². The summed E-state index contributed by atoms with van der Waals surface area (Å²) in [5.74, 6) is 0.0415. The highest BCUT2D eigenvalue weighted by molar-refractivity contribution is 5.87. The van der Waals surface area contributed by atoms with Crippen molar-refractivity contribution in [3.8, 4) is 6.01 Å². The Hall–Kier alpha value is -1.91. The molecule has 2 heterocycles. The number of hydrogen-bond acceptors (Lipinski definition) is 4. The van der Waals surface area contributed by atoms with E-state index in [1.807, 2.05) is 6.92 Å². The summed E-state index contributed by atoms with van der Waals surface area (Å²) in [5.41, 5.74) is 0. The molecule has 1 saturated heterocycles. The fraction of sp³-hybridized carbons (Fsp3) is 0.462. The van der Waals surface area contributed by atoms with Crippen LogP contribution in [0.25, 0.3) is 0 Å². The van der Waals surface area contributed by atoms with Gasteiger partial charge in [0.05, 0.1) is 6.54 Å². The van der Waals surface area contributed by atoms with Gasteiger partial charge in [0.2, 0.25) is 5.91 Å². The van der Waals surface area contributed by atoms with Crippen LogP contribution >= 0.6 is 0 Å². The number of piperidine rings is 1. The molecular formula is C13H17N3O2. The number of rotatable bonds is 3. The van der Waals surface area contributed by atoms with Gasteiger partial charge < -0.3 is 9.64 Å². The van der Waals surface area contributed by atoms with Crippen LogP contribution in [0, 0.1) is 0 Å². The van der Waals surface area contributed by atoms with Crippen molar-refractivity contribution in [2.75, 3.05) is 13.1 Å². The zero-order chi connectivity index (χ0) is 12.8. The lowest BCUT2D eigenvalue weighted by molar-refractivity contribution is -0.128. The van der Waals surface area contributed by atoms with Crippen LogP contribution < -0.4 is 4.74 Å². The molecular weight excluding hydrogens is 230 g/mol. The normalized spacial score (nSPS) is 20.1. The fourth-order valence-electron chi connectivity index (χ4n) is 1.98. The minimum absolute atomic E-state index is 0.0182. The van der Waals surface area contributed by atoms with E-state index in [4.69, 9.17) is 4.74 Å². The average molecular weight is 247 g/mol. The maximum Gasteiger partial charge on any atom is 0.316 e. The molecule has 96 valence electrons. The summed E-state index contributed by atoms with van der Waals surface area (Å²) >= 11 is 0. The molecule has 1 aromatic rings. The quantitative estimate of drug-likeness (QED) is 0.758. The van der Waals surface area contributed by atoms with Gasteiger partial charge in [-0.15, -0.1) is 0 Å². The Bertz CT molecular complexity index is 420. The van der Waals surface area contributed by atoms with Crippen LogP contribution in [0.1, 0.15) is 19.8 Å². The molecule has 1 atom stereocenters. The standard InChI is InChI=1S/C13H17N3O2/c1-2-5-12(17)16-9-3-6-11(10-16)18-13-14-7-4-8-15-13/h2,4-5,7-8,11H,3,6,9-10H2,1H3. The van der Waals surface area contributed by atoms with E-state index in [1.54, 1.807) is 35.5 Å². The minimum Gasteiger partial charge on any atom is -0.458 e. The lowest BCUT2D eigenvalue weighted by Crippen LogP contribution is -2.43. The zero-order valence-corrected chi connectivity index (χ0v) is 10.5. The molecule has 0 aromatic carbocycles. The van der Waals surface area contributed by atoms with Crippen molar-refractivity contribution in [1.29, 1.82) is 0 Å². The van der Waals surface area contributed by atoms with E-state index in [9.17, 15) is 4.79 Å². The maximum atomic E-state index is 11.7. The third kappa shape index (κ3) is 3.29. The van der Waals surface area contributed by atoms with Gasteiger partial charge in [-0.2, -0.15) is 0 Å². The van der Waals surface area contributed by atoms with Crippen LogP contribution in [0.3, 0.4) is 0 Å². The zero-order valence-electron chi connectivity index (χ0n) is 10.5. The van der Waals surface area contributed by atoms with E-state index in [1.165, 1.54) is 0 Å². The molecule has 1 amide bonds. The fourth-order valence-corrected chi connectivity index (χ4v) is 1.98. The van der Waals surface area contributed by atoms with Gasteiger partial charge in [0.25, 0.3) is 0 Å². The number of hydrogen-bond donors (Lipinski definition) is 0. The van der Waals surface area contributed by atoms with Gasteiger partial charge in [0.1, 0.15) is 6.10 Å². The first-order valence-electron chi connectivity index (χ1n) is 6.15. The van der Waals surface area contributed by atoms with Crippen LogP contribution in [0.4, 0.5) is 0 Å². The highest BCUT2D eigenvalue weighted by Crippen LogP contribution is 2.15. The Kier molecular flexibility index (Phi) is 4.28. The van der Waals surface area contributed by atoms with Gasteiger partial charge in [-0.05, 0) is 31.9 Å². The Labute approximate surface area is 106 Å². The molecule has 1 aromatic heterocycles. The molecule has 2 rings (SSSR count). The summed E-state index contributed by atoms with van der Waals surface area (Å²) in [7, 11) is 0. The van der Waals surface area contributed by atoms with Crippen molar-refractivity contribution in [3.05, 3.63) is 30.6 Å². The predicted octanol–water partition coefficient (Wildman–Crippen LogP) is 1.42. The first kappa shape index (κ1) is 12.5. The van der Waals surface area contributed by atoms with Gasteiger partial charge >= 0.3 is 6.01 Å². The lowest BCUT2D eigenvalue weighted by Gasteiger charge is -2.31. The molecule has 0 bridgehead atoms. The summed E-state index contributed by atoms with van der Waals surface area (Å²) in [6.45, 7) is 3.23. The highest BCUT2D eigenvalue weighted by atomic mass is 16.5. The monoisotopic (exact) mass is 247 g/mol. The Morgan fingerprint density at radius 1 is 1.50 bits per heavy atom. The Balaban J connectivity index is 1.93. The number of likely N-dealkylation sites (tertiary alicyclic amines) is 1. The number of allylic oxidation sites excluding steroid dienone is 1. The summed E-state index contributed by atoms with van der Waals surface area (Å²) < 4.78 is 5.67. The second kappa shape index (κ2) is 6.14. The summed E-state index contributed by atoms with van der Waals surface area (Å²) in [4.78, 5) is 21.6. The molecule has 18 heavy (non-hydrogen) atoms. The number of aromatic nitrogens is 2. The minimum atomic E-state index is -0.0182. The first-order chi connectivity index (χ1) is 8.79. The second-order valence-corrected chi connectivity index (χ2v) is 4.20. The molecule has 1 aliphatic heterocycles. The third-order valence-corrected chi connectivity index (χ3v) is 2.81. The highest BCUT2D eigenvalue weighted by Gasteiger charge is 2.24. The van der Waals surface area contributed by atoms with Crippen LogP contribution in [0.5, 0.6) is 6.01 Å². The van der Waals surface area contributed by atoms with Crippen LogP contribution in [0.15, 0.2) is 30.6 Å². The van der Waals surface area contributed by atoms with Crippen molar-refractivity contribution >= 4 is 5.91 Å². The molecule has 0 aliphatic carbocycles. The van der Waals surface area contributed by atoms with Crippen LogP contribution in [0.2, 0.25) is 0 Å². The van der Waals surface area contributed by atoms with E-state index in [2.05, 4.69) is 9.97 Å².